The molecular weight excluding hydrogens is 529 g/mol. The van der Waals surface area contributed by atoms with Crippen molar-refractivity contribution in [3.05, 3.63) is 38.3 Å². The van der Waals surface area contributed by atoms with Crippen LogP contribution in [0.2, 0.25) is 0 Å². The second-order valence-corrected chi connectivity index (χ2v) is 8.68. The van der Waals surface area contributed by atoms with Crippen molar-refractivity contribution in [2.75, 3.05) is 6.61 Å². The number of carbonyl (C=O) groups excluding carboxylic acids is 3. The second kappa shape index (κ2) is 11.4. The number of halogens is 1. The van der Waals surface area contributed by atoms with Crippen LogP contribution >= 0.6 is 34.4 Å². The molecule has 0 spiro atoms. The Labute approximate surface area is 190 Å². The van der Waals surface area contributed by atoms with Gasteiger partial charge in [-0.25, -0.2) is 0 Å². The maximum atomic E-state index is 11.7. The topological polar surface area (TPSA) is 137 Å². The van der Waals surface area contributed by atoms with Crippen LogP contribution in [0.15, 0.2) is 34.3 Å². The monoisotopic (exact) mass is 549 g/mol. The van der Waals surface area contributed by atoms with Crippen LogP contribution in [-0.2, 0) is 33.3 Å². The second-order valence-electron chi connectivity index (χ2n) is 6.26. The molecule has 0 radical (unpaired) electrons. The molecule has 2 rings (SSSR count). The fourth-order valence-electron chi connectivity index (χ4n) is 2.84. The first-order valence-electron chi connectivity index (χ1n) is 8.81. The van der Waals surface area contributed by atoms with E-state index in [9.17, 15) is 14.4 Å². The van der Waals surface area contributed by atoms with Crippen molar-refractivity contribution < 1.29 is 33.3 Å². The summed E-state index contributed by atoms with van der Waals surface area (Å²) < 4.78 is 22.8. The first kappa shape index (κ1) is 24.3. The summed E-state index contributed by atoms with van der Waals surface area (Å²) in [6, 6.07) is 6.44. The van der Waals surface area contributed by atoms with Crippen molar-refractivity contribution in [1.29, 1.82) is 0 Å². The molecule has 1 aromatic rings. The first-order chi connectivity index (χ1) is 14.2. The number of nitrogens with zero attached hydrogens (tertiary/aromatic N) is 3. The number of carbonyl (C=O) groups is 3. The molecule has 5 atom stereocenters. The van der Waals surface area contributed by atoms with Crippen molar-refractivity contribution in [1.82, 2.24) is 0 Å². The highest BCUT2D eigenvalue weighted by Gasteiger charge is 2.50. The van der Waals surface area contributed by atoms with Gasteiger partial charge in [-0.3, -0.25) is 14.4 Å². The number of hydrogen-bond donors (Lipinski definition) is 0. The lowest BCUT2D eigenvalue weighted by molar-refractivity contribution is -0.201. The minimum Gasteiger partial charge on any atom is -0.463 e. The number of azide groups is 1. The van der Waals surface area contributed by atoms with Gasteiger partial charge in [0.2, 0.25) is 0 Å². The molecule has 0 aliphatic carbocycles. The van der Waals surface area contributed by atoms with Crippen LogP contribution in [-0.4, -0.2) is 54.3 Å². The summed E-state index contributed by atoms with van der Waals surface area (Å²) >= 11 is 3.41. The molecule has 1 heterocycles. The number of thioether (sulfide) groups is 1. The first-order valence-corrected chi connectivity index (χ1v) is 10.8. The minimum absolute atomic E-state index is 0.235. The summed E-state index contributed by atoms with van der Waals surface area (Å²) in [5.74, 6) is -1.82. The van der Waals surface area contributed by atoms with Crippen LogP contribution in [0.25, 0.3) is 10.4 Å². The smallest absolute Gasteiger partial charge is 0.303 e. The molecule has 1 aromatic carbocycles. The van der Waals surface area contributed by atoms with Gasteiger partial charge in [0.1, 0.15) is 36.4 Å². The van der Waals surface area contributed by atoms with Gasteiger partial charge in [0, 0.05) is 34.1 Å². The largest absolute Gasteiger partial charge is 0.463 e. The third-order valence-electron chi connectivity index (χ3n) is 3.91. The number of ether oxygens (including phenoxy) is 4. The summed E-state index contributed by atoms with van der Waals surface area (Å²) in [7, 11) is 0. The van der Waals surface area contributed by atoms with Crippen LogP contribution in [0.5, 0.6) is 0 Å². The number of hydrogen-bond acceptors (Lipinski definition) is 9. The molecule has 12 heteroatoms. The van der Waals surface area contributed by atoms with Crippen LogP contribution < -0.4 is 0 Å². The van der Waals surface area contributed by atoms with Crippen molar-refractivity contribution in [3.8, 4) is 0 Å². The Balaban J connectivity index is 2.43. The lowest BCUT2D eigenvalue weighted by Crippen LogP contribution is -2.59. The molecule has 0 bridgehead atoms. The highest BCUT2D eigenvalue weighted by atomic mass is 127. The lowest BCUT2D eigenvalue weighted by atomic mass is 9.97. The Morgan fingerprint density at radius 1 is 1.17 bits per heavy atom. The highest BCUT2D eigenvalue weighted by molar-refractivity contribution is 14.1. The normalized spacial score (nSPS) is 25.5. The summed E-state index contributed by atoms with van der Waals surface area (Å²) in [5, 5.41) is 3.73. The van der Waals surface area contributed by atoms with Crippen LogP contribution in [0.3, 0.4) is 0 Å². The molecule has 1 aliphatic rings. The fourth-order valence-corrected chi connectivity index (χ4v) is 4.77. The third kappa shape index (κ3) is 7.04. The molecule has 0 amide bonds. The van der Waals surface area contributed by atoms with E-state index < -0.39 is 47.7 Å². The molecule has 0 aromatic heterocycles. The maximum absolute atomic E-state index is 11.7. The molecule has 0 N–H and O–H groups in total. The SMILES string of the molecule is CC(=O)OCC1O[C@H](Sc2cccc(I)c2)C(OC(C)=O)[C@@H](N=[N+]=[N-])[C@H]1OC(C)=O. The predicted molar refractivity (Wildman–Crippen MR) is 114 cm³/mol. The highest BCUT2D eigenvalue weighted by Crippen LogP contribution is 2.37. The van der Waals surface area contributed by atoms with E-state index in [-0.39, 0.29) is 6.61 Å². The van der Waals surface area contributed by atoms with Gasteiger partial charge in [0.05, 0.1) is 0 Å². The van der Waals surface area contributed by atoms with E-state index in [1.165, 1.54) is 32.5 Å². The zero-order chi connectivity index (χ0) is 22.3. The summed E-state index contributed by atoms with van der Waals surface area (Å²) in [6.45, 7) is 3.39. The molecule has 1 fully saturated rings. The summed E-state index contributed by atoms with van der Waals surface area (Å²) in [5.41, 5.74) is 8.27. The molecule has 1 saturated heterocycles. The summed E-state index contributed by atoms with van der Waals surface area (Å²) in [6.07, 6.45) is -3.09. The predicted octanol–water partition coefficient (Wildman–Crippen LogP) is 3.21. The standard InChI is InChI=1S/C18H20IN3O7S/c1-9(23)26-8-14-16(27-10(2)24)15(21-22-20)17(28-11(3)25)18(29-14)30-13-6-4-5-12(19)7-13/h4-7,14-18H,8H2,1-3H3/t14?,15-,16-,17?,18+/m0/s1. The fraction of sp³-hybridized carbons (Fsp3) is 0.500. The van der Waals surface area contributed by atoms with Crippen molar-refractivity contribution in [2.45, 2.75) is 55.5 Å². The van der Waals surface area contributed by atoms with Gasteiger partial charge < -0.3 is 18.9 Å². The number of rotatable bonds is 7. The Hall–Kier alpha value is -2.02. The van der Waals surface area contributed by atoms with E-state index >= 15 is 0 Å². The average Bonchev–Trinajstić information content (AvgIpc) is 2.64. The van der Waals surface area contributed by atoms with Gasteiger partial charge in [-0.1, -0.05) is 22.9 Å². The summed E-state index contributed by atoms with van der Waals surface area (Å²) in [4.78, 5) is 38.3. The van der Waals surface area contributed by atoms with E-state index in [0.717, 1.165) is 8.47 Å². The van der Waals surface area contributed by atoms with E-state index in [1.807, 2.05) is 24.3 Å². The Bertz CT molecular complexity index is 849. The van der Waals surface area contributed by atoms with Gasteiger partial charge in [0.25, 0.3) is 0 Å². The van der Waals surface area contributed by atoms with Gasteiger partial charge >= 0.3 is 17.9 Å². The van der Waals surface area contributed by atoms with Crippen molar-refractivity contribution in [3.63, 3.8) is 0 Å². The molecule has 2 unspecified atom stereocenters. The minimum atomic E-state index is -1.12. The molecule has 162 valence electrons. The quantitative estimate of drug-likeness (QED) is 0.126. The molecular formula is C18H20IN3O7S. The Morgan fingerprint density at radius 2 is 1.83 bits per heavy atom. The van der Waals surface area contributed by atoms with Gasteiger partial charge in [-0.05, 0) is 46.3 Å². The van der Waals surface area contributed by atoms with Gasteiger partial charge in [-0.2, -0.15) is 0 Å². The van der Waals surface area contributed by atoms with Crippen LogP contribution in [0.1, 0.15) is 20.8 Å². The zero-order valence-electron chi connectivity index (χ0n) is 16.4. The Kier molecular flexibility index (Phi) is 9.21. The lowest BCUT2D eigenvalue weighted by Gasteiger charge is -2.43. The molecule has 30 heavy (non-hydrogen) atoms. The van der Waals surface area contributed by atoms with Gasteiger partial charge in [0.15, 0.2) is 0 Å². The van der Waals surface area contributed by atoms with E-state index in [1.54, 1.807) is 0 Å². The molecule has 1 aliphatic heterocycles. The number of esters is 3. The van der Waals surface area contributed by atoms with E-state index in [4.69, 9.17) is 24.5 Å². The van der Waals surface area contributed by atoms with Crippen molar-refractivity contribution in [2.24, 2.45) is 5.11 Å². The maximum Gasteiger partial charge on any atom is 0.303 e. The van der Waals surface area contributed by atoms with Gasteiger partial charge in [-0.15, -0.1) is 0 Å². The molecule has 0 saturated carbocycles. The third-order valence-corrected chi connectivity index (χ3v) is 5.71. The zero-order valence-corrected chi connectivity index (χ0v) is 19.4. The molecule has 10 nitrogen and oxygen atoms in total. The number of benzene rings is 1. The van der Waals surface area contributed by atoms with E-state index in [2.05, 4.69) is 32.6 Å². The van der Waals surface area contributed by atoms with E-state index in [0.29, 0.717) is 0 Å². The average molecular weight is 549 g/mol. The van der Waals surface area contributed by atoms with Crippen LogP contribution in [0.4, 0.5) is 0 Å². The van der Waals surface area contributed by atoms with Crippen LogP contribution in [0, 0.1) is 3.57 Å². The Morgan fingerprint density at radius 3 is 2.40 bits per heavy atom. The van der Waals surface area contributed by atoms with Crippen molar-refractivity contribution >= 4 is 52.3 Å².